The fraction of sp³-hybridized carbons (Fsp3) is 0.167. The highest BCUT2D eigenvalue weighted by atomic mass is 79.9. The molecule has 152 valence electrons. The average Bonchev–Trinajstić information content (AvgIpc) is 3.24. The molecule has 1 aromatic heterocycles. The Morgan fingerprint density at radius 2 is 1.83 bits per heavy atom. The van der Waals surface area contributed by atoms with Crippen LogP contribution in [-0.2, 0) is 6.61 Å². The smallest absolute Gasteiger partial charge is 0.335 e. The number of hydrogen-bond acceptors (Lipinski definition) is 3. The van der Waals surface area contributed by atoms with E-state index >= 15 is 0 Å². The van der Waals surface area contributed by atoms with E-state index in [-0.39, 0.29) is 11.4 Å². The molecule has 2 aromatic carbocycles. The SMILES string of the molecule is O=C(O)c1ccnc(C2=C(c3cc(Br)ccc3OCc3ccc(F)cc3)CCC2)c1. The lowest BCUT2D eigenvalue weighted by Crippen LogP contribution is -2.01. The van der Waals surface area contributed by atoms with Crippen molar-refractivity contribution in [3.63, 3.8) is 0 Å². The Balaban J connectivity index is 1.70. The van der Waals surface area contributed by atoms with Crippen molar-refractivity contribution in [1.29, 1.82) is 0 Å². The third-order valence-corrected chi connectivity index (χ3v) is 5.60. The minimum absolute atomic E-state index is 0.223. The predicted molar refractivity (Wildman–Crippen MR) is 117 cm³/mol. The van der Waals surface area contributed by atoms with Crippen molar-refractivity contribution in [2.24, 2.45) is 0 Å². The quantitative estimate of drug-likeness (QED) is 0.458. The molecule has 0 saturated carbocycles. The van der Waals surface area contributed by atoms with E-state index in [4.69, 9.17) is 4.74 Å². The number of carboxylic acids is 1. The Morgan fingerprint density at radius 3 is 2.60 bits per heavy atom. The number of pyridine rings is 1. The van der Waals surface area contributed by atoms with E-state index in [0.717, 1.165) is 51.8 Å². The molecule has 1 aliphatic rings. The van der Waals surface area contributed by atoms with Gasteiger partial charge in [0, 0.05) is 16.2 Å². The van der Waals surface area contributed by atoms with Crippen LogP contribution in [0.5, 0.6) is 5.75 Å². The first-order chi connectivity index (χ1) is 14.5. The normalized spacial score (nSPS) is 13.5. The number of halogens is 2. The summed E-state index contributed by atoms with van der Waals surface area (Å²) < 4.78 is 20.2. The molecule has 0 aliphatic heterocycles. The standard InChI is InChI=1S/C24H19BrFNO3/c25-17-6-9-23(30-14-15-4-7-18(26)8-5-15)21(13-17)19-2-1-3-20(19)22-12-16(24(28)29)10-11-27-22/h4-13H,1-3,14H2,(H,28,29). The Morgan fingerprint density at radius 1 is 1.07 bits per heavy atom. The number of rotatable bonds is 6. The molecule has 3 aromatic rings. The van der Waals surface area contributed by atoms with Gasteiger partial charge in [0.25, 0.3) is 0 Å². The molecular formula is C24H19BrFNO3. The minimum Gasteiger partial charge on any atom is -0.488 e. The van der Waals surface area contributed by atoms with Crippen LogP contribution < -0.4 is 4.74 Å². The van der Waals surface area contributed by atoms with Crippen LogP contribution in [0.1, 0.15) is 46.4 Å². The second-order valence-corrected chi connectivity index (χ2v) is 8.02. The monoisotopic (exact) mass is 467 g/mol. The summed E-state index contributed by atoms with van der Waals surface area (Å²) in [4.78, 5) is 15.8. The Hall–Kier alpha value is -2.99. The second kappa shape index (κ2) is 8.79. The first-order valence-electron chi connectivity index (χ1n) is 9.60. The molecule has 0 unspecified atom stereocenters. The van der Waals surface area contributed by atoms with Gasteiger partial charge in [-0.3, -0.25) is 4.98 Å². The van der Waals surface area contributed by atoms with E-state index < -0.39 is 5.97 Å². The molecule has 6 heteroatoms. The van der Waals surface area contributed by atoms with Gasteiger partial charge in [-0.05, 0) is 78.4 Å². The summed E-state index contributed by atoms with van der Waals surface area (Å²) in [6, 6.07) is 15.2. The summed E-state index contributed by atoms with van der Waals surface area (Å²) in [6.07, 6.45) is 4.19. The maximum atomic E-state index is 13.2. The van der Waals surface area contributed by atoms with Gasteiger partial charge in [-0.15, -0.1) is 0 Å². The Labute approximate surface area is 182 Å². The van der Waals surface area contributed by atoms with E-state index in [9.17, 15) is 14.3 Å². The number of hydrogen-bond donors (Lipinski definition) is 1. The number of ether oxygens (including phenoxy) is 1. The zero-order chi connectivity index (χ0) is 21.1. The van der Waals surface area contributed by atoms with Crippen LogP contribution in [0.15, 0.2) is 65.3 Å². The summed E-state index contributed by atoms with van der Waals surface area (Å²) in [5.74, 6) is -0.518. The number of carboxylic acid groups (broad SMARTS) is 1. The lowest BCUT2D eigenvalue weighted by molar-refractivity contribution is 0.0696. The molecule has 0 fully saturated rings. The highest BCUT2D eigenvalue weighted by Crippen LogP contribution is 2.43. The van der Waals surface area contributed by atoms with Gasteiger partial charge in [-0.2, -0.15) is 0 Å². The van der Waals surface area contributed by atoms with Gasteiger partial charge < -0.3 is 9.84 Å². The van der Waals surface area contributed by atoms with Gasteiger partial charge in [-0.1, -0.05) is 28.1 Å². The molecule has 0 radical (unpaired) electrons. The number of aromatic nitrogens is 1. The average molecular weight is 468 g/mol. The number of allylic oxidation sites excluding steroid dienone is 2. The maximum Gasteiger partial charge on any atom is 0.335 e. The topological polar surface area (TPSA) is 59.4 Å². The van der Waals surface area contributed by atoms with Crippen LogP contribution >= 0.6 is 15.9 Å². The number of nitrogens with zero attached hydrogens (tertiary/aromatic N) is 1. The van der Waals surface area contributed by atoms with E-state index in [2.05, 4.69) is 20.9 Å². The summed E-state index contributed by atoms with van der Waals surface area (Å²) in [6.45, 7) is 0.324. The van der Waals surface area contributed by atoms with Gasteiger partial charge in [0.05, 0.1) is 11.3 Å². The van der Waals surface area contributed by atoms with Crippen LogP contribution in [0.2, 0.25) is 0 Å². The van der Waals surface area contributed by atoms with Crippen LogP contribution in [0.25, 0.3) is 11.1 Å². The molecule has 0 bridgehead atoms. The summed E-state index contributed by atoms with van der Waals surface area (Å²) >= 11 is 3.54. The third kappa shape index (κ3) is 4.44. The molecule has 0 atom stereocenters. The second-order valence-electron chi connectivity index (χ2n) is 7.10. The highest BCUT2D eigenvalue weighted by molar-refractivity contribution is 9.10. The van der Waals surface area contributed by atoms with E-state index in [1.54, 1.807) is 18.2 Å². The van der Waals surface area contributed by atoms with Crippen LogP contribution in [-0.4, -0.2) is 16.1 Å². The van der Waals surface area contributed by atoms with Crippen molar-refractivity contribution < 1.29 is 19.0 Å². The largest absolute Gasteiger partial charge is 0.488 e. The maximum absolute atomic E-state index is 13.2. The number of benzene rings is 2. The Bertz CT molecular complexity index is 1130. The van der Waals surface area contributed by atoms with Gasteiger partial charge in [0.2, 0.25) is 0 Å². The van der Waals surface area contributed by atoms with Crippen LogP contribution in [0.3, 0.4) is 0 Å². The molecule has 4 nitrogen and oxygen atoms in total. The Kier molecular flexibility index (Phi) is 5.95. The molecular weight excluding hydrogens is 449 g/mol. The molecule has 0 saturated heterocycles. The van der Waals surface area contributed by atoms with Crippen LogP contribution in [0, 0.1) is 5.82 Å². The lowest BCUT2D eigenvalue weighted by atomic mass is 9.98. The first-order valence-corrected chi connectivity index (χ1v) is 10.4. The third-order valence-electron chi connectivity index (χ3n) is 5.11. The molecule has 4 rings (SSSR count). The summed E-state index contributed by atoms with van der Waals surface area (Å²) in [5, 5.41) is 9.32. The minimum atomic E-state index is -0.968. The molecule has 1 N–H and O–H groups in total. The summed E-state index contributed by atoms with van der Waals surface area (Å²) in [5.41, 5.74) is 4.90. The van der Waals surface area contributed by atoms with Crippen molar-refractivity contribution in [2.45, 2.75) is 25.9 Å². The van der Waals surface area contributed by atoms with Gasteiger partial charge in [-0.25, -0.2) is 9.18 Å². The first kappa shape index (κ1) is 20.3. The zero-order valence-corrected chi connectivity index (χ0v) is 17.7. The number of aromatic carboxylic acids is 1. The van der Waals surface area contributed by atoms with Gasteiger partial charge >= 0.3 is 5.97 Å². The van der Waals surface area contributed by atoms with Crippen molar-refractivity contribution in [3.8, 4) is 5.75 Å². The van der Waals surface area contributed by atoms with E-state index in [1.165, 1.54) is 24.4 Å². The van der Waals surface area contributed by atoms with Crippen molar-refractivity contribution >= 4 is 33.0 Å². The molecule has 30 heavy (non-hydrogen) atoms. The highest BCUT2D eigenvalue weighted by Gasteiger charge is 2.22. The van der Waals surface area contributed by atoms with Crippen molar-refractivity contribution in [2.75, 3.05) is 0 Å². The lowest BCUT2D eigenvalue weighted by Gasteiger charge is -2.15. The fourth-order valence-electron chi connectivity index (χ4n) is 3.66. The molecule has 0 spiro atoms. The fourth-order valence-corrected chi connectivity index (χ4v) is 4.02. The van der Waals surface area contributed by atoms with Crippen molar-refractivity contribution in [1.82, 2.24) is 4.98 Å². The molecule has 0 amide bonds. The number of carbonyl (C=O) groups is 1. The van der Waals surface area contributed by atoms with Gasteiger partial charge in [0.15, 0.2) is 0 Å². The van der Waals surface area contributed by atoms with Gasteiger partial charge in [0.1, 0.15) is 18.2 Å². The predicted octanol–water partition coefficient (Wildman–Crippen LogP) is 6.36. The van der Waals surface area contributed by atoms with Crippen molar-refractivity contribution in [3.05, 3.63) is 93.5 Å². The molecule has 1 heterocycles. The summed E-state index contributed by atoms with van der Waals surface area (Å²) in [7, 11) is 0. The zero-order valence-electron chi connectivity index (χ0n) is 16.1. The van der Waals surface area contributed by atoms with E-state index in [1.807, 2.05) is 18.2 Å². The molecule has 1 aliphatic carbocycles. The van der Waals surface area contributed by atoms with E-state index in [0.29, 0.717) is 12.3 Å². The van der Waals surface area contributed by atoms with Crippen LogP contribution in [0.4, 0.5) is 4.39 Å².